The molecule has 0 bridgehead atoms. The Morgan fingerprint density at radius 2 is 1.92 bits per heavy atom. The number of hydrogen-bond donors (Lipinski definition) is 1. The summed E-state index contributed by atoms with van der Waals surface area (Å²) in [4.78, 5) is 27.9. The van der Waals surface area contributed by atoms with E-state index in [1.165, 1.54) is 5.69 Å². The summed E-state index contributed by atoms with van der Waals surface area (Å²) in [6.45, 7) is 4.54. The average molecular weight is 331 g/mol. The topological polar surface area (TPSA) is 61.9 Å². The molecule has 24 heavy (non-hydrogen) atoms. The van der Waals surface area contributed by atoms with Crippen molar-refractivity contribution in [2.45, 2.75) is 19.4 Å². The fourth-order valence-electron chi connectivity index (χ4n) is 3.15. The van der Waals surface area contributed by atoms with Crippen LogP contribution in [0.15, 0.2) is 24.3 Å². The minimum absolute atomic E-state index is 0.0197. The lowest BCUT2D eigenvalue weighted by Crippen LogP contribution is -2.41. The molecule has 6 nitrogen and oxygen atoms in total. The van der Waals surface area contributed by atoms with Crippen molar-refractivity contribution in [1.82, 2.24) is 10.2 Å². The van der Waals surface area contributed by atoms with E-state index in [2.05, 4.69) is 22.3 Å². The maximum Gasteiger partial charge on any atom is 0.223 e. The zero-order chi connectivity index (χ0) is 16.9. The van der Waals surface area contributed by atoms with Crippen molar-refractivity contribution in [3.05, 3.63) is 29.8 Å². The largest absolute Gasteiger partial charge is 0.378 e. The summed E-state index contributed by atoms with van der Waals surface area (Å²) in [5.74, 6) is -0.161. The number of rotatable bonds is 4. The highest BCUT2D eigenvalue weighted by molar-refractivity contribution is 5.86. The van der Waals surface area contributed by atoms with Crippen LogP contribution < -0.4 is 10.2 Å². The Bertz CT molecular complexity index is 582. The maximum atomic E-state index is 12.2. The lowest BCUT2D eigenvalue weighted by molar-refractivity contribution is -0.139. The molecule has 2 fully saturated rings. The molecule has 1 unspecified atom stereocenters. The lowest BCUT2D eigenvalue weighted by Gasteiger charge is -2.29. The van der Waals surface area contributed by atoms with Gasteiger partial charge in [-0.25, -0.2) is 0 Å². The number of hydrogen-bond acceptors (Lipinski definition) is 4. The first-order valence-electron chi connectivity index (χ1n) is 8.57. The number of carbonyl (C=O) groups is 2. The summed E-state index contributed by atoms with van der Waals surface area (Å²) >= 11 is 0. The van der Waals surface area contributed by atoms with Gasteiger partial charge in [-0.2, -0.15) is 0 Å². The molecule has 2 heterocycles. The van der Waals surface area contributed by atoms with E-state index in [0.29, 0.717) is 19.5 Å². The first-order chi connectivity index (χ1) is 11.6. The number of anilines is 1. The maximum absolute atomic E-state index is 12.2. The molecule has 1 aromatic rings. The zero-order valence-electron chi connectivity index (χ0n) is 14.2. The van der Waals surface area contributed by atoms with Crippen LogP contribution in [0.25, 0.3) is 0 Å². The summed E-state index contributed by atoms with van der Waals surface area (Å²) in [5, 5.41) is 2.96. The van der Waals surface area contributed by atoms with Crippen LogP contribution in [-0.2, 0) is 20.9 Å². The number of amides is 2. The SMILES string of the molecule is CN1CCC(C(=O)NCc2ccc(N3CCOCC3)cc2)CC1=O. The minimum Gasteiger partial charge on any atom is -0.378 e. The number of carbonyl (C=O) groups excluding carboxylic acids is 2. The molecule has 0 aromatic heterocycles. The zero-order valence-corrected chi connectivity index (χ0v) is 14.2. The number of benzene rings is 1. The van der Waals surface area contributed by atoms with Gasteiger partial charge in [-0.05, 0) is 24.1 Å². The number of morpholine rings is 1. The molecule has 3 rings (SSSR count). The van der Waals surface area contributed by atoms with Crippen molar-refractivity contribution in [1.29, 1.82) is 0 Å². The van der Waals surface area contributed by atoms with Gasteiger partial charge in [0.2, 0.25) is 11.8 Å². The predicted octanol–water partition coefficient (Wildman–Crippen LogP) is 1.01. The number of likely N-dealkylation sites (tertiary alicyclic amines) is 1. The predicted molar refractivity (Wildman–Crippen MR) is 91.7 cm³/mol. The molecule has 6 heteroatoms. The van der Waals surface area contributed by atoms with Crippen molar-refractivity contribution in [3.63, 3.8) is 0 Å². The molecule has 2 amide bonds. The normalized spacial score (nSPS) is 21.7. The van der Waals surface area contributed by atoms with E-state index >= 15 is 0 Å². The molecule has 130 valence electrons. The molecule has 2 saturated heterocycles. The second-order valence-electron chi connectivity index (χ2n) is 6.49. The number of nitrogens with zero attached hydrogens (tertiary/aromatic N) is 2. The summed E-state index contributed by atoms with van der Waals surface area (Å²) in [7, 11) is 1.78. The first-order valence-corrected chi connectivity index (χ1v) is 8.57. The average Bonchev–Trinajstić information content (AvgIpc) is 2.63. The Balaban J connectivity index is 1.49. The molecule has 2 aliphatic rings. The quantitative estimate of drug-likeness (QED) is 0.894. The van der Waals surface area contributed by atoms with Crippen LogP contribution in [0.4, 0.5) is 5.69 Å². The summed E-state index contributed by atoms with van der Waals surface area (Å²) in [6, 6.07) is 8.27. The number of piperidine rings is 1. The molecular weight excluding hydrogens is 306 g/mol. The van der Waals surface area contributed by atoms with E-state index in [-0.39, 0.29) is 17.7 Å². The highest BCUT2D eigenvalue weighted by Gasteiger charge is 2.28. The fourth-order valence-corrected chi connectivity index (χ4v) is 3.15. The highest BCUT2D eigenvalue weighted by Crippen LogP contribution is 2.19. The van der Waals surface area contributed by atoms with Crippen LogP contribution in [0.3, 0.4) is 0 Å². The summed E-state index contributed by atoms with van der Waals surface area (Å²) in [6.07, 6.45) is 1.06. The summed E-state index contributed by atoms with van der Waals surface area (Å²) in [5.41, 5.74) is 2.26. The number of ether oxygens (including phenoxy) is 1. The smallest absolute Gasteiger partial charge is 0.223 e. The van der Waals surface area contributed by atoms with Crippen molar-refractivity contribution in [2.75, 3.05) is 44.8 Å². The third-order valence-electron chi connectivity index (χ3n) is 4.81. The molecule has 1 aromatic carbocycles. The van der Waals surface area contributed by atoms with Crippen LogP contribution in [0.1, 0.15) is 18.4 Å². The second-order valence-corrected chi connectivity index (χ2v) is 6.49. The van der Waals surface area contributed by atoms with E-state index in [4.69, 9.17) is 4.74 Å². The highest BCUT2D eigenvalue weighted by atomic mass is 16.5. The Hall–Kier alpha value is -2.08. The van der Waals surface area contributed by atoms with Gasteiger partial charge in [-0.1, -0.05) is 12.1 Å². The Labute approximate surface area is 142 Å². The molecule has 0 saturated carbocycles. The minimum atomic E-state index is -0.193. The molecule has 0 radical (unpaired) electrons. The van der Waals surface area contributed by atoms with E-state index < -0.39 is 0 Å². The van der Waals surface area contributed by atoms with Gasteiger partial charge in [0.25, 0.3) is 0 Å². The third-order valence-corrected chi connectivity index (χ3v) is 4.81. The van der Waals surface area contributed by atoms with E-state index in [1.54, 1.807) is 11.9 Å². The Morgan fingerprint density at radius 1 is 1.21 bits per heavy atom. The molecular formula is C18H25N3O3. The van der Waals surface area contributed by atoms with Crippen molar-refractivity contribution >= 4 is 17.5 Å². The monoisotopic (exact) mass is 331 g/mol. The molecule has 1 atom stereocenters. The van der Waals surface area contributed by atoms with Crippen LogP contribution >= 0.6 is 0 Å². The van der Waals surface area contributed by atoms with Gasteiger partial charge in [0.1, 0.15) is 0 Å². The first kappa shape index (κ1) is 16.8. The third kappa shape index (κ3) is 4.06. The van der Waals surface area contributed by atoms with Crippen LogP contribution in [-0.4, -0.2) is 56.6 Å². The standard InChI is InChI=1S/C18H25N3O3/c1-20-7-6-15(12-17(20)22)18(23)19-13-14-2-4-16(5-3-14)21-8-10-24-11-9-21/h2-5,15H,6-13H2,1H3,(H,19,23). The Morgan fingerprint density at radius 3 is 2.58 bits per heavy atom. The van der Waals surface area contributed by atoms with Gasteiger partial charge in [0, 0.05) is 51.3 Å². The molecule has 0 aliphatic carbocycles. The second kappa shape index (κ2) is 7.66. The van der Waals surface area contributed by atoms with Gasteiger partial charge in [-0.15, -0.1) is 0 Å². The van der Waals surface area contributed by atoms with E-state index in [0.717, 1.165) is 38.3 Å². The molecule has 2 aliphatic heterocycles. The van der Waals surface area contributed by atoms with Crippen LogP contribution in [0.2, 0.25) is 0 Å². The van der Waals surface area contributed by atoms with Crippen LogP contribution in [0.5, 0.6) is 0 Å². The molecule has 1 N–H and O–H groups in total. The summed E-state index contributed by atoms with van der Waals surface area (Å²) < 4.78 is 5.37. The van der Waals surface area contributed by atoms with E-state index in [1.807, 2.05) is 12.1 Å². The fraction of sp³-hybridized carbons (Fsp3) is 0.556. The van der Waals surface area contributed by atoms with Gasteiger partial charge in [-0.3, -0.25) is 9.59 Å². The van der Waals surface area contributed by atoms with Crippen molar-refractivity contribution in [3.8, 4) is 0 Å². The Kier molecular flexibility index (Phi) is 5.35. The number of nitrogens with one attached hydrogen (secondary N) is 1. The van der Waals surface area contributed by atoms with Gasteiger partial charge in [0.05, 0.1) is 13.2 Å². The van der Waals surface area contributed by atoms with Gasteiger partial charge in [0.15, 0.2) is 0 Å². The van der Waals surface area contributed by atoms with Crippen molar-refractivity contribution in [2.24, 2.45) is 5.92 Å². The van der Waals surface area contributed by atoms with Crippen LogP contribution in [0, 0.1) is 5.92 Å². The van der Waals surface area contributed by atoms with E-state index in [9.17, 15) is 9.59 Å². The lowest BCUT2D eigenvalue weighted by atomic mass is 9.95. The van der Waals surface area contributed by atoms with Gasteiger partial charge < -0.3 is 19.9 Å². The van der Waals surface area contributed by atoms with Crippen molar-refractivity contribution < 1.29 is 14.3 Å². The van der Waals surface area contributed by atoms with Gasteiger partial charge >= 0.3 is 0 Å². The molecule has 0 spiro atoms.